The Hall–Kier alpha value is -1.77. The van der Waals surface area contributed by atoms with Crippen molar-refractivity contribution in [3.63, 3.8) is 0 Å². The van der Waals surface area contributed by atoms with Crippen LogP contribution in [-0.4, -0.2) is 27.9 Å². The van der Waals surface area contributed by atoms with E-state index in [0.717, 1.165) is 23.9 Å². The maximum Gasteiger partial charge on any atom is 0.227 e. The minimum atomic E-state index is 0.206. The maximum atomic E-state index is 12.7. The van der Waals surface area contributed by atoms with Crippen LogP contribution in [0.1, 0.15) is 52.2 Å². The maximum absolute atomic E-state index is 12.7. The first kappa shape index (κ1) is 16.6. The van der Waals surface area contributed by atoms with Gasteiger partial charge in [0.15, 0.2) is 0 Å². The van der Waals surface area contributed by atoms with Crippen LogP contribution in [0.15, 0.2) is 24.4 Å². The molecular weight excluding hydrogens is 272 g/mol. The van der Waals surface area contributed by atoms with Gasteiger partial charge >= 0.3 is 0 Å². The van der Waals surface area contributed by atoms with Gasteiger partial charge in [-0.25, -0.2) is 0 Å². The van der Waals surface area contributed by atoms with Crippen LogP contribution in [-0.2, 0) is 17.6 Å². The molecule has 0 fully saturated rings. The van der Waals surface area contributed by atoms with Crippen molar-refractivity contribution in [2.24, 2.45) is 0 Å². The first-order valence-electron chi connectivity index (χ1n) is 8.34. The lowest BCUT2D eigenvalue weighted by molar-refractivity contribution is -0.134. The number of rotatable bonds is 6. The van der Waals surface area contributed by atoms with E-state index in [1.807, 2.05) is 11.1 Å². The van der Waals surface area contributed by atoms with Crippen LogP contribution in [0.5, 0.6) is 0 Å². The fraction of sp³-hybridized carbons (Fsp3) is 0.526. The Labute approximate surface area is 133 Å². The lowest BCUT2D eigenvalue weighted by Gasteiger charge is -2.30. The van der Waals surface area contributed by atoms with E-state index < -0.39 is 0 Å². The number of H-pyrrole nitrogens is 1. The van der Waals surface area contributed by atoms with Gasteiger partial charge in [-0.3, -0.25) is 4.79 Å². The molecule has 1 N–H and O–H groups in total. The number of aryl methyl sites for hydroxylation is 1. The van der Waals surface area contributed by atoms with Gasteiger partial charge in [-0.05, 0) is 51.3 Å². The highest BCUT2D eigenvalue weighted by molar-refractivity contribution is 5.91. The molecule has 120 valence electrons. The second kappa shape index (κ2) is 6.99. The van der Waals surface area contributed by atoms with Crippen molar-refractivity contribution >= 4 is 16.8 Å². The highest BCUT2D eigenvalue weighted by atomic mass is 16.2. The fourth-order valence-electron chi connectivity index (χ4n) is 3.38. The van der Waals surface area contributed by atoms with E-state index in [9.17, 15) is 4.79 Å². The molecule has 1 aromatic carbocycles. The summed E-state index contributed by atoms with van der Waals surface area (Å²) in [6, 6.07) is 6.81. The van der Waals surface area contributed by atoms with Crippen molar-refractivity contribution in [3.8, 4) is 0 Å². The number of carbonyl (C=O) groups excluding carboxylic acids is 1. The number of hydrogen-bond donors (Lipinski definition) is 1. The van der Waals surface area contributed by atoms with E-state index >= 15 is 0 Å². The summed E-state index contributed by atoms with van der Waals surface area (Å²) in [4.78, 5) is 18.0. The van der Waals surface area contributed by atoms with Crippen LogP contribution in [0.2, 0.25) is 0 Å². The van der Waals surface area contributed by atoms with Gasteiger partial charge < -0.3 is 9.88 Å². The van der Waals surface area contributed by atoms with E-state index in [1.54, 1.807) is 0 Å². The highest BCUT2D eigenvalue weighted by Crippen LogP contribution is 2.25. The third-order valence-corrected chi connectivity index (χ3v) is 4.14. The molecule has 0 bridgehead atoms. The minimum Gasteiger partial charge on any atom is -0.361 e. The van der Waals surface area contributed by atoms with Crippen LogP contribution in [0.3, 0.4) is 0 Å². The molecule has 2 rings (SSSR count). The van der Waals surface area contributed by atoms with Crippen molar-refractivity contribution in [2.45, 2.75) is 66.0 Å². The third kappa shape index (κ3) is 3.34. The van der Waals surface area contributed by atoms with Gasteiger partial charge in [0.1, 0.15) is 0 Å². The molecule has 0 atom stereocenters. The standard InChI is InChI=1S/C19H28N2O/c1-6-8-15-9-7-10-17-19(15)16(12-20-17)11-18(22)21(13(2)3)14(4)5/h7,9-10,12-14,20H,6,8,11H2,1-5H3. The molecule has 0 spiro atoms. The quantitative estimate of drug-likeness (QED) is 0.848. The van der Waals surface area contributed by atoms with E-state index in [2.05, 4.69) is 57.8 Å². The van der Waals surface area contributed by atoms with Gasteiger partial charge in [-0.15, -0.1) is 0 Å². The molecule has 1 heterocycles. The summed E-state index contributed by atoms with van der Waals surface area (Å²) in [5.74, 6) is 0.206. The van der Waals surface area contributed by atoms with Gasteiger partial charge in [-0.2, -0.15) is 0 Å². The van der Waals surface area contributed by atoms with Crippen molar-refractivity contribution in [2.75, 3.05) is 0 Å². The van der Waals surface area contributed by atoms with Crippen LogP contribution >= 0.6 is 0 Å². The summed E-state index contributed by atoms with van der Waals surface area (Å²) < 4.78 is 0. The van der Waals surface area contributed by atoms with Crippen LogP contribution in [0, 0.1) is 0 Å². The van der Waals surface area contributed by atoms with E-state index in [4.69, 9.17) is 0 Å². The van der Waals surface area contributed by atoms with Gasteiger partial charge in [0.05, 0.1) is 6.42 Å². The molecule has 22 heavy (non-hydrogen) atoms. The lowest BCUT2D eigenvalue weighted by Crippen LogP contribution is -2.42. The number of fused-ring (bicyclic) bond motifs is 1. The van der Waals surface area contributed by atoms with Crippen molar-refractivity contribution < 1.29 is 4.79 Å². The first-order valence-corrected chi connectivity index (χ1v) is 8.34. The normalized spacial score (nSPS) is 11.6. The van der Waals surface area contributed by atoms with E-state index in [0.29, 0.717) is 6.42 Å². The van der Waals surface area contributed by atoms with Crippen LogP contribution in [0.4, 0.5) is 0 Å². The SMILES string of the molecule is CCCc1cccc2[nH]cc(CC(=O)N(C(C)C)C(C)C)c12. The number of benzene rings is 1. The Balaban J connectivity index is 2.33. The Morgan fingerprint density at radius 1 is 1.14 bits per heavy atom. The molecule has 0 aliphatic rings. The molecule has 0 unspecified atom stereocenters. The molecule has 0 saturated carbocycles. The second-order valence-corrected chi connectivity index (χ2v) is 6.57. The summed E-state index contributed by atoms with van der Waals surface area (Å²) in [7, 11) is 0. The van der Waals surface area contributed by atoms with E-state index in [-0.39, 0.29) is 18.0 Å². The summed E-state index contributed by atoms with van der Waals surface area (Å²) in [6.07, 6.45) is 4.63. The fourth-order valence-corrected chi connectivity index (χ4v) is 3.38. The monoisotopic (exact) mass is 300 g/mol. The van der Waals surface area contributed by atoms with Crippen LogP contribution < -0.4 is 0 Å². The number of carbonyl (C=O) groups is 1. The number of hydrogen-bond acceptors (Lipinski definition) is 1. The molecule has 3 heteroatoms. The lowest BCUT2D eigenvalue weighted by atomic mass is 10.0. The minimum absolute atomic E-state index is 0.206. The zero-order valence-electron chi connectivity index (χ0n) is 14.4. The summed E-state index contributed by atoms with van der Waals surface area (Å²) in [5.41, 5.74) is 3.59. The molecule has 0 saturated heterocycles. The smallest absolute Gasteiger partial charge is 0.227 e. The van der Waals surface area contributed by atoms with Gasteiger partial charge in [0, 0.05) is 29.2 Å². The van der Waals surface area contributed by atoms with Crippen molar-refractivity contribution in [1.29, 1.82) is 0 Å². The van der Waals surface area contributed by atoms with Gasteiger partial charge in [0.2, 0.25) is 5.91 Å². The average Bonchev–Trinajstić information content (AvgIpc) is 2.82. The Kier molecular flexibility index (Phi) is 5.28. The molecule has 1 amide bonds. The molecule has 0 radical (unpaired) electrons. The Morgan fingerprint density at radius 3 is 2.41 bits per heavy atom. The van der Waals surface area contributed by atoms with Gasteiger partial charge in [0.25, 0.3) is 0 Å². The molecule has 2 aromatic rings. The topological polar surface area (TPSA) is 36.1 Å². The number of nitrogens with zero attached hydrogens (tertiary/aromatic N) is 1. The Bertz CT molecular complexity index is 632. The summed E-state index contributed by atoms with van der Waals surface area (Å²) in [6.45, 7) is 10.5. The van der Waals surface area contributed by atoms with E-state index in [1.165, 1.54) is 10.9 Å². The van der Waals surface area contributed by atoms with Crippen molar-refractivity contribution in [3.05, 3.63) is 35.5 Å². The zero-order valence-corrected chi connectivity index (χ0v) is 14.4. The molecular formula is C19H28N2O. The number of aromatic nitrogens is 1. The molecule has 3 nitrogen and oxygen atoms in total. The predicted octanol–water partition coefficient (Wildman–Crippen LogP) is 4.31. The highest BCUT2D eigenvalue weighted by Gasteiger charge is 2.21. The largest absolute Gasteiger partial charge is 0.361 e. The predicted molar refractivity (Wildman–Crippen MR) is 93.1 cm³/mol. The second-order valence-electron chi connectivity index (χ2n) is 6.57. The molecule has 0 aliphatic heterocycles. The Morgan fingerprint density at radius 2 is 1.82 bits per heavy atom. The number of nitrogens with one attached hydrogen (secondary N) is 1. The average molecular weight is 300 g/mol. The zero-order chi connectivity index (χ0) is 16.3. The van der Waals surface area contributed by atoms with Crippen molar-refractivity contribution in [1.82, 2.24) is 9.88 Å². The molecule has 1 aromatic heterocycles. The molecule has 0 aliphatic carbocycles. The van der Waals surface area contributed by atoms with Gasteiger partial charge in [-0.1, -0.05) is 25.5 Å². The third-order valence-electron chi connectivity index (χ3n) is 4.14. The summed E-state index contributed by atoms with van der Waals surface area (Å²) >= 11 is 0. The number of aromatic amines is 1. The van der Waals surface area contributed by atoms with Crippen LogP contribution in [0.25, 0.3) is 10.9 Å². The first-order chi connectivity index (χ1) is 10.5. The summed E-state index contributed by atoms with van der Waals surface area (Å²) in [5, 5.41) is 1.24. The number of amides is 1.